The zero-order valence-electron chi connectivity index (χ0n) is 8.70. The second-order valence-electron chi connectivity index (χ2n) is 3.67. The van der Waals surface area contributed by atoms with Crippen LogP contribution in [-0.4, -0.2) is 16.1 Å². The number of rotatable bonds is 2. The molecule has 3 nitrogen and oxygen atoms in total. The molecule has 16 heavy (non-hydrogen) atoms. The fraction of sp³-hybridized carbons (Fsp3) is 0.167. The molecule has 1 N–H and O–H groups in total. The van der Waals surface area contributed by atoms with Crippen molar-refractivity contribution < 1.29 is 14.3 Å². The Labute approximate surface area is 91.5 Å². The number of benzene rings is 1. The molecule has 0 atom stereocenters. The van der Waals surface area contributed by atoms with Crippen LogP contribution in [0.3, 0.4) is 0 Å². The van der Waals surface area contributed by atoms with Crippen LogP contribution in [-0.2, 0) is 11.2 Å². The lowest BCUT2D eigenvalue weighted by atomic mass is 10.0. The van der Waals surface area contributed by atoms with Crippen molar-refractivity contribution >= 4 is 16.9 Å². The molecule has 0 fully saturated rings. The normalized spacial score (nSPS) is 10.6. The van der Waals surface area contributed by atoms with Gasteiger partial charge in [0.1, 0.15) is 11.3 Å². The van der Waals surface area contributed by atoms with E-state index in [2.05, 4.69) is 4.98 Å². The minimum absolute atomic E-state index is 0.179. The monoisotopic (exact) mass is 219 g/mol. The van der Waals surface area contributed by atoms with Gasteiger partial charge in [-0.15, -0.1) is 0 Å². The molecular formula is C12H10FNO2. The summed E-state index contributed by atoms with van der Waals surface area (Å²) in [6.45, 7) is 1.84. The molecule has 0 aliphatic rings. The standard InChI is InChI=1S/C12H10FNO2/c1-7-2-3-14-12-9(7)4-8(5-10(12)13)6-11(15)16/h2-5H,6H2,1H3,(H,15,16). The van der Waals surface area contributed by atoms with E-state index >= 15 is 0 Å². The minimum Gasteiger partial charge on any atom is -0.481 e. The van der Waals surface area contributed by atoms with Crippen molar-refractivity contribution in [1.82, 2.24) is 4.98 Å². The molecule has 0 saturated carbocycles. The van der Waals surface area contributed by atoms with Crippen LogP contribution in [0.5, 0.6) is 0 Å². The molecule has 0 amide bonds. The van der Waals surface area contributed by atoms with Crippen LogP contribution in [0.1, 0.15) is 11.1 Å². The third kappa shape index (κ3) is 1.86. The number of carbonyl (C=O) groups is 1. The molecule has 0 spiro atoms. The summed E-state index contributed by atoms with van der Waals surface area (Å²) in [6.07, 6.45) is 1.36. The van der Waals surface area contributed by atoms with Crippen LogP contribution in [0.25, 0.3) is 10.9 Å². The van der Waals surface area contributed by atoms with E-state index in [0.29, 0.717) is 10.9 Å². The summed E-state index contributed by atoms with van der Waals surface area (Å²) >= 11 is 0. The minimum atomic E-state index is -0.972. The fourth-order valence-corrected chi connectivity index (χ4v) is 1.68. The summed E-state index contributed by atoms with van der Waals surface area (Å²) in [6, 6.07) is 4.67. The van der Waals surface area contributed by atoms with Crippen LogP contribution in [0.15, 0.2) is 24.4 Å². The van der Waals surface area contributed by atoms with Gasteiger partial charge >= 0.3 is 5.97 Å². The average molecular weight is 219 g/mol. The molecule has 0 aliphatic heterocycles. The lowest BCUT2D eigenvalue weighted by Crippen LogP contribution is -2.01. The summed E-state index contributed by atoms with van der Waals surface area (Å²) in [7, 11) is 0. The Kier molecular flexibility index (Phi) is 2.56. The largest absolute Gasteiger partial charge is 0.481 e. The molecule has 0 aliphatic carbocycles. The van der Waals surface area contributed by atoms with E-state index in [1.807, 2.05) is 6.92 Å². The molecule has 1 heterocycles. The van der Waals surface area contributed by atoms with Gasteiger partial charge < -0.3 is 5.11 Å². The van der Waals surface area contributed by atoms with E-state index in [-0.39, 0.29) is 11.9 Å². The van der Waals surface area contributed by atoms with Crippen molar-refractivity contribution in [2.75, 3.05) is 0 Å². The number of halogens is 1. The van der Waals surface area contributed by atoms with Crippen molar-refractivity contribution in [2.45, 2.75) is 13.3 Å². The number of hydrogen-bond acceptors (Lipinski definition) is 2. The molecule has 0 bridgehead atoms. The van der Waals surface area contributed by atoms with Crippen LogP contribution < -0.4 is 0 Å². The highest BCUT2D eigenvalue weighted by Crippen LogP contribution is 2.21. The predicted octanol–water partition coefficient (Wildman–Crippen LogP) is 2.31. The fourth-order valence-electron chi connectivity index (χ4n) is 1.68. The molecule has 0 saturated heterocycles. The number of aromatic nitrogens is 1. The Morgan fingerprint density at radius 2 is 2.25 bits per heavy atom. The molecule has 0 radical (unpaired) electrons. The first kappa shape index (κ1) is 10.5. The maximum Gasteiger partial charge on any atom is 0.307 e. The Balaban J connectivity index is 2.65. The topological polar surface area (TPSA) is 50.2 Å². The smallest absolute Gasteiger partial charge is 0.307 e. The molecule has 4 heteroatoms. The highest BCUT2D eigenvalue weighted by atomic mass is 19.1. The molecule has 1 aromatic carbocycles. The van der Waals surface area contributed by atoms with Gasteiger partial charge in [0.05, 0.1) is 6.42 Å². The van der Waals surface area contributed by atoms with E-state index in [1.54, 1.807) is 12.1 Å². The molecular weight excluding hydrogens is 209 g/mol. The van der Waals surface area contributed by atoms with E-state index in [4.69, 9.17) is 5.11 Å². The van der Waals surface area contributed by atoms with Gasteiger partial charge in [-0.25, -0.2) is 4.39 Å². The van der Waals surface area contributed by atoms with E-state index < -0.39 is 11.8 Å². The number of aliphatic carboxylic acids is 1. The van der Waals surface area contributed by atoms with Crippen LogP contribution >= 0.6 is 0 Å². The summed E-state index contributed by atoms with van der Waals surface area (Å²) in [5.41, 5.74) is 1.62. The molecule has 0 unspecified atom stereocenters. The van der Waals surface area contributed by atoms with Crippen LogP contribution in [0, 0.1) is 12.7 Å². The van der Waals surface area contributed by atoms with Gasteiger partial charge in [0.2, 0.25) is 0 Å². The van der Waals surface area contributed by atoms with Gasteiger partial charge in [-0.2, -0.15) is 0 Å². The number of aryl methyl sites for hydroxylation is 1. The van der Waals surface area contributed by atoms with E-state index in [9.17, 15) is 9.18 Å². The van der Waals surface area contributed by atoms with Crippen molar-refractivity contribution in [3.8, 4) is 0 Å². The first-order valence-corrected chi connectivity index (χ1v) is 4.83. The second kappa shape index (κ2) is 3.89. The summed E-state index contributed by atoms with van der Waals surface area (Å²) in [5.74, 6) is -1.45. The SMILES string of the molecule is Cc1ccnc2c(F)cc(CC(=O)O)cc12. The van der Waals surface area contributed by atoms with Crippen LogP contribution in [0.4, 0.5) is 4.39 Å². The summed E-state index contributed by atoms with van der Waals surface area (Å²) in [5, 5.41) is 9.33. The molecule has 2 aromatic rings. The van der Waals surface area contributed by atoms with E-state index in [1.165, 1.54) is 12.3 Å². The van der Waals surface area contributed by atoms with E-state index in [0.717, 1.165) is 5.56 Å². The third-order valence-electron chi connectivity index (χ3n) is 2.43. The first-order chi connectivity index (χ1) is 7.58. The van der Waals surface area contributed by atoms with Crippen molar-refractivity contribution in [1.29, 1.82) is 0 Å². The number of hydrogen-bond donors (Lipinski definition) is 1. The lowest BCUT2D eigenvalue weighted by Gasteiger charge is -2.05. The maximum absolute atomic E-state index is 13.6. The van der Waals surface area contributed by atoms with Crippen molar-refractivity contribution in [3.63, 3.8) is 0 Å². The molecule has 2 rings (SSSR count). The molecule has 82 valence electrons. The Hall–Kier alpha value is -1.97. The first-order valence-electron chi connectivity index (χ1n) is 4.83. The maximum atomic E-state index is 13.6. The number of carboxylic acid groups (broad SMARTS) is 1. The average Bonchev–Trinajstić information content (AvgIpc) is 2.19. The highest BCUT2D eigenvalue weighted by Gasteiger charge is 2.08. The molecule has 1 aromatic heterocycles. The van der Waals surface area contributed by atoms with Crippen LogP contribution in [0.2, 0.25) is 0 Å². The Morgan fingerprint density at radius 3 is 2.94 bits per heavy atom. The zero-order valence-corrected chi connectivity index (χ0v) is 8.70. The number of nitrogens with zero attached hydrogens (tertiary/aromatic N) is 1. The highest BCUT2D eigenvalue weighted by molar-refractivity contribution is 5.84. The van der Waals surface area contributed by atoms with Gasteiger partial charge in [-0.3, -0.25) is 9.78 Å². The van der Waals surface area contributed by atoms with Crippen molar-refractivity contribution in [2.24, 2.45) is 0 Å². The number of carboxylic acids is 1. The van der Waals surface area contributed by atoms with Gasteiger partial charge in [0.15, 0.2) is 0 Å². The van der Waals surface area contributed by atoms with Gasteiger partial charge in [0.25, 0.3) is 0 Å². The van der Waals surface area contributed by atoms with Crippen molar-refractivity contribution in [3.05, 3.63) is 41.3 Å². The zero-order chi connectivity index (χ0) is 11.7. The Bertz CT molecular complexity index is 566. The van der Waals surface area contributed by atoms with Gasteiger partial charge in [-0.1, -0.05) is 0 Å². The quantitative estimate of drug-likeness (QED) is 0.843. The van der Waals surface area contributed by atoms with Gasteiger partial charge in [-0.05, 0) is 36.2 Å². The second-order valence-corrected chi connectivity index (χ2v) is 3.67. The Morgan fingerprint density at radius 1 is 1.50 bits per heavy atom. The van der Waals surface area contributed by atoms with Gasteiger partial charge in [0, 0.05) is 11.6 Å². The third-order valence-corrected chi connectivity index (χ3v) is 2.43. The lowest BCUT2D eigenvalue weighted by molar-refractivity contribution is -0.136. The summed E-state index contributed by atoms with van der Waals surface area (Å²) in [4.78, 5) is 14.5. The predicted molar refractivity (Wildman–Crippen MR) is 57.8 cm³/mol. The number of fused-ring (bicyclic) bond motifs is 1. The number of pyridine rings is 1. The summed E-state index contributed by atoms with van der Waals surface area (Å²) < 4.78 is 13.6.